The monoisotopic (exact) mass is 445 g/mol. The molecule has 1 atom stereocenters. The second-order valence-electron chi connectivity index (χ2n) is 7.25. The number of anilines is 1. The van der Waals surface area contributed by atoms with Gasteiger partial charge < -0.3 is 9.15 Å². The van der Waals surface area contributed by atoms with E-state index in [1.165, 1.54) is 16.2 Å². The Hall–Kier alpha value is -3.78. The molecule has 0 spiro atoms. The van der Waals surface area contributed by atoms with Crippen molar-refractivity contribution in [2.75, 3.05) is 11.5 Å². The van der Waals surface area contributed by atoms with Crippen LogP contribution < -0.4 is 15.1 Å². The molecule has 0 saturated carbocycles. The summed E-state index contributed by atoms with van der Waals surface area (Å²) in [6.45, 7) is 6.01. The molecule has 160 valence electrons. The molecular formula is C24H19N3O4S. The van der Waals surface area contributed by atoms with Crippen molar-refractivity contribution in [1.29, 1.82) is 0 Å². The summed E-state index contributed by atoms with van der Waals surface area (Å²) >= 11 is 1.33. The minimum Gasteiger partial charge on any atom is -0.490 e. The van der Waals surface area contributed by atoms with E-state index < -0.39 is 11.9 Å². The Morgan fingerprint density at radius 2 is 1.94 bits per heavy atom. The number of carbonyl (C=O) groups is 1. The van der Waals surface area contributed by atoms with Crippen LogP contribution in [0.2, 0.25) is 0 Å². The van der Waals surface area contributed by atoms with E-state index in [0.29, 0.717) is 40.4 Å². The lowest BCUT2D eigenvalue weighted by atomic mass is 9.98. The number of amides is 1. The molecular weight excluding hydrogens is 426 g/mol. The summed E-state index contributed by atoms with van der Waals surface area (Å²) in [5.74, 6) is 0.303. The second-order valence-corrected chi connectivity index (χ2v) is 8.29. The fraction of sp³-hybridized carbons (Fsp3) is 0.167. The Morgan fingerprint density at radius 3 is 2.66 bits per heavy atom. The van der Waals surface area contributed by atoms with Gasteiger partial charge in [0, 0.05) is 0 Å². The molecule has 0 N–H and O–H groups in total. The molecule has 32 heavy (non-hydrogen) atoms. The smallest absolute Gasteiger partial charge is 0.297 e. The van der Waals surface area contributed by atoms with Crippen molar-refractivity contribution in [2.24, 2.45) is 0 Å². The molecule has 4 aromatic rings. The van der Waals surface area contributed by atoms with Crippen molar-refractivity contribution in [3.8, 4) is 5.75 Å². The number of carbonyl (C=O) groups excluding carboxylic acids is 1. The Labute approximate surface area is 187 Å². The van der Waals surface area contributed by atoms with Crippen molar-refractivity contribution in [2.45, 2.75) is 19.4 Å². The number of aromatic nitrogens is 2. The highest BCUT2D eigenvalue weighted by atomic mass is 32.1. The molecule has 3 heterocycles. The number of benzene rings is 2. The molecule has 5 rings (SSSR count). The third-order valence-corrected chi connectivity index (χ3v) is 6.37. The van der Waals surface area contributed by atoms with E-state index >= 15 is 0 Å². The lowest BCUT2D eigenvalue weighted by Crippen LogP contribution is -2.29. The molecule has 2 aromatic carbocycles. The average Bonchev–Trinajstić information content (AvgIpc) is 3.41. The highest BCUT2D eigenvalue weighted by molar-refractivity contribution is 7.15. The van der Waals surface area contributed by atoms with Gasteiger partial charge in [0.2, 0.25) is 10.9 Å². The molecule has 0 saturated heterocycles. The summed E-state index contributed by atoms with van der Waals surface area (Å²) in [6, 6.07) is 13.6. The predicted molar refractivity (Wildman–Crippen MR) is 123 cm³/mol. The summed E-state index contributed by atoms with van der Waals surface area (Å²) < 4.78 is 11.5. The summed E-state index contributed by atoms with van der Waals surface area (Å²) in [4.78, 5) is 28.5. The molecule has 0 bridgehead atoms. The number of aryl methyl sites for hydroxylation is 1. The zero-order chi connectivity index (χ0) is 22.2. The van der Waals surface area contributed by atoms with Gasteiger partial charge >= 0.3 is 0 Å². The molecule has 0 aliphatic carbocycles. The Bertz CT molecular complexity index is 1390. The SMILES string of the molecule is C=CCOc1ccc(C2c3c(oc4ccccc4c3=O)C(=O)N2c2nnc(CC)s2)cc1. The number of hydrogen-bond acceptors (Lipinski definition) is 7. The van der Waals surface area contributed by atoms with Gasteiger partial charge in [-0.05, 0) is 36.2 Å². The molecule has 2 aromatic heterocycles. The number of rotatable bonds is 6. The lowest BCUT2D eigenvalue weighted by molar-refractivity contribution is 0.0970. The van der Waals surface area contributed by atoms with Gasteiger partial charge in [-0.25, -0.2) is 0 Å². The van der Waals surface area contributed by atoms with Crippen LogP contribution in [-0.2, 0) is 6.42 Å². The van der Waals surface area contributed by atoms with Gasteiger partial charge in [-0.2, -0.15) is 0 Å². The molecule has 1 amide bonds. The van der Waals surface area contributed by atoms with Crippen molar-refractivity contribution in [3.05, 3.63) is 93.3 Å². The molecule has 0 fully saturated rings. The maximum Gasteiger partial charge on any atom is 0.297 e. The van der Waals surface area contributed by atoms with Crippen LogP contribution in [0.5, 0.6) is 5.75 Å². The predicted octanol–water partition coefficient (Wildman–Crippen LogP) is 4.52. The average molecular weight is 446 g/mol. The summed E-state index contributed by atoms with van der Waals surface area (Å²) in [5, 5.41) is 10.1. The van der Waals surface area contributed by atoms with E-state index in [1.54, 1.807) is 42.5 Å². The highest BCUT2D eigenvalue weighted by Gasteiger charge is 2.45. The third kappa shape index (κ3) is 3.20. The number of fused-ring (bicyclic) bond motifs is 2. The van der Waals surface area contributed by atoms with Crippen LogP contribution in [0, 0.1) is 0 Å². The highest BCUT2D eigenvalue weighted by Crippen LogP contribution is 2.42. The van der Waals surface area contributed by atoms with Crippen LogP contribution in [0.4, 0.5) is 5.13 Å². The van der Waals surface area contributed by atoms with E-state index in [4.69, 9.17) is 9.15 Å². The molecule has 8 heteroatoms. The summed E-state index contributed by atoms with van der Waals surface area (Å²) in [6.07, 6.45) is 2.37. The van der Waals surface area contributed by atoms with Crippen molar-refractivity contribution in [3.63, 3.8) is 0 Å². The summed E-state index contributed by atoms with van der Waals surface area (Å²) in [5.41, 5.74) is 1.21. The largest absolute Gasteiger partial charge is 0.490 e. The Kier molecular flexibility index (Phi) is 5.07. The summed E-state index contributed by atoms with van der Waals surface area (Å²) in [7, 11) is 0. The fourth-order valence-electron chi connectivity index (χ4n) is 3.82. The first-order chi connectivity index (χ1) is 15.6. The minimum atomic E-state index is -0.676. The van der Waals surface area contributed by atoms with E-state index in [-0.39, 0.29) is 11.2 Å². The number of hydrogen-bond donors (Lipinski definition) is 0. The Morgan fingerprint density at radius 1 is 1.16 bits per heavy atom. The van der Waals surface area contributed by atoms with Gasteiger partial charge in [0.15, 0.2) is 5.43 Å². The molecule has 1 aliphatic heterocycles. The van der Waals surface area contributed by atoms with Crippen LogP contribution >= 0.6 is 11.3 Å². The molecule has 1 aliphatic rings. The van der Waals surface area contributed by atoms with E-state index in [9.17, 15) is 9.59 Å². The third-order valence-electron chi connectivity index (χ3n) is 5.31. The fourth-order valence-corrected chi connectivity index (χ4v) is 4.62. The van der Waals surface area contributed by atoms with Crippen molar-refractivity contribution >= 4 is 33.3 Å². The van der Waals surface area contributed by atoms with Gasteiger partial charge in [-0.3, -0.25) is 14.5 Å². The van der Waals surface area contributed by atoms with Gasteiger partial charge in [0.25, 0.3) is 5.91 Å². The number of para-hydroxylation sites is 1. The number of ether oxygens (including phenoxy) is 1. The maximum atomic E-state index is 13.5. The van der Waals surface area contributed by atoms with Crippen molar-refractivity contribution < 1.29 is 13.9 Å². The van der Waals surface area contributed by atoms with Crippen LogP contribution in [0.15, 0.2) is 70.4 Å². The Balaban J connectivity index is 1.70. The van der Waals surface area contributed by atoms with Crippen LogP contribution in [0.1, 0.15) is 39.7 Å². The van der Waals surface area contributed by atoms with Crippen LogP contribution in [-0.4, -0.2) is 22.7 Å². The van der Waals surface area contributed by atoms with E-state index in [0.717, 1.165) is 10.6 Å². The normalized spacial score (nSPS) is 15.2. The van der Waals surface area contributed by atoms with Crippen molar-refractivity contribution in [1.82, 2.24) is 10.2 Å². The first-order valence-corrected chi connectivity index (χ1v) is 11.0. The lowest BCUT2D eigenvalue weighted by Gasteiger charge is -2.22. The zero-order valence-corrected chi connectivity index (χ0v) is 18.1. The zero-order valence-electron chi connectivity index (χ0n) is 17.3. The topological polar surface area (TPSA) is 85.5 Å². The maximum absolute atomic E-state index is 13.5. The van der Waals surface area contributed by atoms with Gasteiger partial charge in [0.05, 0.1) is 17.0 Å². The van der Waals surface area contributed by atoms with E-state index in [2.05, 4.69) is 16.8 Å². The van der Waals surface area contributed by atoms with Crippen LogP contribution in [0.25, 0.3) is 11.0 Å². The second kappa shape index (κ2) is 8.05. The first-order valence-electron chi connectivity index (χ1n) is 10.2. The van der Waals surface area contributed by atoms with Crippen LogP contribution in [0.3, 0.4) is 0 Å². The molecule has 0 radical (unpaired) electrons. The van der Waals surface area contributed by atoms with Gasteiger partial charge in [-0.1, -0.05) is 55.2 Å². The molecule has 7 nitrogen and oxygen atoms in total. The standard InChI is InChI=1S/C24H19N3O4S/c1-3-13-30-15-11-9-14(10-12-15)20-19-21(28)16-7-5-6-8-17(16)31-22(19)23(29)27(20)24-26-25-18(4-2)32-24/h3,5-12,20H,1,4,13H2,2H3. The molecule has 1 unspecified atom stereocenters. The van der Waals surface area contributed by atoms with Gasteiger partial charge in [0.1, 0.15) is 22.9 Å². The minimum absolute atomic E-state index is 0.0407. The van der Waals surface area contributed by atoms with Gasteiger partial charge in [-0.15, -0.1) is 10.2 Å². The first kappa shape index (κ1) is 20.1. The number of nitrogens with zero attached hydrogens (tertiary/aromatic N) is 3. The quantitative estimate of drug-likeness (QED) is 0.406. The van der Waals surface area contributed by atoms with E-state index in [1.807, 2.05) is 19.1 Å².